The van der Waals surface area contributed by atoms with Crippen LogP contribution in [-0.2, 0) is 22.4 Å². The SMILES string of the molecule is COCCNC(=O)C1CCc2nc3ccc(C)cn3c2C1. The first-order valence-electron chi connectivity index (χ1n) is 7.42. The number of pyridine rings is 1. The number of nitrogens with zero attached hydrogens (tertiary/aromatic N) is 2. The quantitative estimate of drug-likeness (QED) is 0.867. The molecule has 1 aliphatic carbocycles. The van der Waals surface area contributed by atoms with Gasteiger partial charge in [0.1, 0.15) is 5.65 Å². The molecule has 1 amide bonds. The molecule has 0 fully saturated rings. The molecule has 5 nitrogen and oxygen atoms in total. The summed E-state index contributed by atoms with van der Waals surface area (Å²) in [6.07, 6.45) is 4.61. The molecule has 3 rings (SSSR count). The molecule has 112 valence electrons. The van der Waals surface area contributed by atoms with Gasteiger partial charge in [-0.1, -0.05) is 6.07 Å². The smallest absolute Gasteiger partial charge is 0.223 e. The summed E-state index contributed by atoms with van der Waals surface area (Å²) in [4.78, 5) is 16.9. The number of rotatable bonds is 4. The van der Waals surface area contributed by atoms with Crippen molar-refractivity contribution in [3.05, 3.63) is 35.3 Å². The lowest BCUT2D eigenvalue weighted by atomic mass is 9.89. The molecule has 2 heterocycles. The number of hydrogen-bond acceptors (Lipinski definition) is 3. The van der Waals surface area contributed by atoms with Crippen molar-refractivity contribution in [1.82, 2.24) is 14.7 Å². The monoisotopic (exact) mass is 287 g/mol. The highest BCUT2D eigenvalue weighted by atomic mass is 16.5. The summed E-state index contributed by atoms with van der Waals surface area (Å²) >= 11 is 0. The second-order valence-corrected chi connectivity index (χ2v) is 5.66. The van der Waals surface area contributed by atoms with Crippen molar-refractivity contribution in [1.29, 1.82) is 0 Å². The van der Waals surface area contributed by atoms with Gasteiger partial charge < -0.3 is 14.5 Å². The number of amides is 1. The lowest BCUT2D eigenvalue weighted by Crippen LogP contribution is -2.36. The summed E-state index contributed by atoms with van der Waals surface area (Å²) in [5, 5.41) is 2.94. The van der Waals surface area contributed by atoms with Gasteiger partial charge in [0.2, 0.25) is 5.91 Å². The normalized spacial score (nSPS) is 17.7. The number of aromatic nitrogens is 2. The van der Waals surface area contributed by atoms with Gasteiger partial charge >= 0.3 is 0 Å². The van der Waals surface area contributed by atoms with Crippen LogP contribution < -0.4 is 5.32 Å². The van der Waals surface area contributed by atoms with Crippen molar-refractivity contribution in [2.24, 2.45) is 5.92 Å². The van der Waals surface area contributed by atoms with E-state index in [9.17, 15) is 4.79 Å². The number of nitrogens with one attached hydrogen (secondary N) is 1. The molecule has 0 aromatic carbocycles. The van der Waals surface area contributed by atoms with Gasteiger partial charge in [0.05, 0.1) is 12.3 Å². The first kappa shape index (κ1) is 14.1. The molecule has 1 unspecified atom stereocenters. The first-order chi connectivity index (χ1) is 10.2. The third-order valence-corrected chi connectivity index (χ3v) is 4.09. The van der Waals surface area contributed by atoms with Crippen LogP contribution >= 0.6 is 0 Å². The van der Waals surface area contributed by atoms with Gasteiger partial charge in [0.15, 0.2) is 0 Å². The van der Waals surface area contributed by atoms with E-state index >= 15 is 0 Å². The zero-order valence-electron chi connectivity index (χ0n) is 12.6. The summed E-state index contributed by atoms with van der Waals surface area (Å²) in [6.45, 7) is 3.20. The Hall–Kier alpha value is -1.88. The third kappa shape index (κ3) is 2.78. The maximum absolute atomic E-state index is 12.2. The molecule has 2 aromatic heterocycles. The molecule has 0 saturated carbocycles. The number of aryl methyl sites for hydroxylation is 2. The minimum atomic E-state index is 0.0368. The number of imidazole rings is 1. The summed E-state index contributed by atoms with van der Waals surface area (Å²) < 4.78 is 7.10. The van der Waals surface area contributed by atoms with Crippen molar-refractivity contribution < 1.29 is 9.53 Å². The van der Waals surface area contributed by atoms with Crippen molar-refractivity contribution in [2.45, 2.75) is 26.2 Å². The van der Waals surface area contributed by atoms with E-state index in [-0.39, 0.29) is 11.8 Å². The van der Waals surface area contributed by atoms with Crippen molar-refractivity contribution in [3.63, 3.8) is 0 Å². The fraction of sp³-hybridized carbons (Fsp3) is 0.500. The number of ether oxygens (including phenoxy) is 1. The van der Waals surface area contributed by atoms with Gasteiger partial charge in [-0.05, 0) is 31.4 Å². The van der Waals surface area contributed by atoms with Gasteiger partial charge in [-0.25, -0.2) is 4.98 Å². The van der Waals surface area contributed by atoms with Crippen LogP contribution in [0.1, 0.15) is 23.4 Å². The average Bonchev–Trinajstić information content (AvgIpc) is 2.84. The molecule has 21 heavy (non-hydrogen) atoms. The Morgan fingerprint density at radius 3 is 3.19 bits per heavy atom. The second kappa shape index (κ2) is 5.85. The van der Waals surface area contributed by atoms with Gasteiger partial charge in [-0.3, -0.25) is 4.79 Å². The zero-order valence-corrected chi connectivity index (χ0v) is 12.6. The minimum Gasteiger partial charge on any atom is -0.383 e. The Labute approximate surface area is 124 Å². The van der Waals surface area contributed by atoms with E-state index in [2.05, 4.69) is 33.9 Å². The van der Waals surface area contributed by atoms with E-state index in [1.54, 1.807) is 7.11 Å². The second-order valence-electron chi connectivity index (χ2n) is 5.66. The van der Waals surface area contributed by atoms with E-state index in [1.807, 2.05) is 6.07 Å². The van der Waals surface area contributed by atoms with E-state index in [0.717, 1.165) is 30.6 Å². The van der Waals surface area contributed by atoms with Crippen LogP contribution in [0.15, 0.2) is 18.3 Å². The van der Waals surface area contributed by atoms with Gasteiger partial charge in [-0.2, -0.15) is 0 Å². The largest absolute Gasteiger partial charge is 0.383 e. The van der Waals surface area contributed by atoms with Gasteiger partial charge in [0, 0.05) is 37.9 Å². The molecule has 0 bridgehead atoms. The van der Waals surface area contributed by atoms with Gasteiger partial charge in [-0.15, -0.1) is 0 Å². The summed E-state index contributed by atoms with van der Waals surface area (Å²) in [5.74, 6) is 0.162. The van der Waals surface area contributed by atoms with Crippen LogP contribution in [0.5, 0.6) is 0 Å². The number of carbonyl (C=O) groups excluding carboxylic acids is 1. The number of hydrogen-bond donors (Lipinski definition) is 1. The first-order valence-corrected chi connectivity index (χ1v) is 7.42. The molecule has 1 atom stereocenters. The lowest BCUT2D eigenvalue weighted by Gasteiger charge is -2.21. The van der Waals surface area contributed by atoms with E-state index in [4.69, 9.17) is 4.74 Å². The standard InChI is InChI=1S/C16H21N3O2/c1-11-3-6-15-18-13-5-4-12(9-14(13)19(15)10-11)16(20)17-7-8-21-2/h3,6,10,12H,4-5,7-9H2,1-2H3,(H,17,20). The van der Waals surface area contributed by atoms with Crippen molar-refractivity contribution in [3.8, 4) is 0 Å². The van der Waals surface area contributed by atoms with Crippen LogP contribution in [0.4, 0.5) is 0 Å². The van der Waals surface area contributed by atoms with Crippen LogP contribution in [0.2, 0.25) is 0 Å². The number of fused-ring (bicyclic) bond motifs is 3. The topological polar surface area (TPSA) is 55.6 Å². The third-order valence-electron chi connectivity index (χ3n) is 4.09. The summed E-state index contributed by atoms with van der Waals surface area (Å²) in [7, 11) is 1.64. The van der Waals surface area contributed by atoms with E-state index in [0.29, 0.717) is 13.2 Å². The van der Waals surface area contributed by atoms with Crippen molar-refractivity contribution >= 4 is 11.6 Å². The molecule has 0 radical (unpaired) electrons. The van der Waals surface area contributed by atoms with Crippen LogP contribution in [0.3, 0.4) is 0 Å². The van der Waals surface area contributed by atoms with E-state index < -0.39 is 0 Å². The highest BCUT2D eigenvalue weighted by Crippen LogP contribution is 2.26. The maximum atomic E-state index is 12.2. The Morgan fingerprint density at radius 1 is 1.52 bits per heavy atom. The van der Waals surface area contributed by atoms with Crippen LogP contribution in [0.25, 0.3) is 5.65 Å². The Morgan fingerprint density at radius 2 is 2.38 bits per heavy atom. The molecule has 0 spiro atoms. The van der Waals surface area contributed by atoms with Crippen LogP contribution in [-0.4, -0.2) is 35.6 Å². The number of methoxy groups -OCH3 is 1. The Kier molecular flexibility index (Phi) is 3.92. The van der Waals surface area contributed by atoms with Gasteiger partial charge in [0.25, 0.3) is 0 Å². The molecular weight excluding hydrogens is 266 g/mol. The van der Waals surface area contributed by atoms with E-state index in [1.165, 1.54) is 11.3 Å². The molecule has 2 aromatic rings. The highest BCUT2D eigenvalue weighted by molar-refractivity contribution is 5.79. The minimum absolute atomic E-state index is 0.0368. The molecule has 5 heteroatoms. The fourth-order valence-corrected chi connectivity index (χ4v) is 2.96. The fourth-order valence-electron chi connectivity index (χ4n) is 2.96. The summed E-state index contributed by atoms with van der Waals surface area (Å²) in [5.41, 5.74) is 4.51. The van der Waals surface area contributed by atoms with Crippen molar-refractivity contribution in [2.75, 3.05) is 20.3 Å². The lowest BCUT2D eigenvalue weighted by molar-refractivity contribution is -0.125. The molecule has 0 aliphatic heterocycles. The molecular formula is C16H21N3O2. The zero-order chi connectivity index (χ0) is 14.8. The number of carbonyl (C=O) groups is 1. The van der Waals surface area contributed by atoms with Crippen LogP contribution in [0, 0.1) is 12.8 Å². The predicted octanol–water partition coefficient (Wildman–Crippen LogP) is 1.51. The molecule has 1 N–H and O–H groups in total. The molecule has 0 saturated heterocycles. The summed E-state index contributed by atoms with van der Waals surface area (Å²) in [6, 6.07) is 4.12. The maximum Gasteiger partial charge on any atom is 0.223 e. The molecule has 1 aliphatic rings. The highest BCUT2D eigenvalue weighted by Gasteiger charge is 2.27. The average molecular weight is 287 g/mol. The Bertz CT molecular complexity index is 663. The predicted molar refractivity (Wildman–Crippen MR) is 80.3 cm³/mol. The Balaban J connectivity index is 1.79.